The lowest BCUT2D eigenvalue weighted by Gasteiger charge is -2.25. The van der Waals surface area contributed by atoms with Crippen LogP contribution in [0, 0.1) is 13.8 Å². The molecule has 3 heterocycles. The molecule has 0 saturated heterocycles. The van der Waals surface area contributed by atoms with Gasteiger partial charge in [-0.05, 0) is 136 Å². The molecule has 308 valence electrons. The second-order valence-electron chi connectivity index (χ2n) is 20.0. The van der Waals surface area contributed by atoms with Crippen LogP contribution < -0.4 is 14.5 Å². The minimum atomic E-state index is -0.0174. The maximum absolute atomic E-state index is 6.79. The van der Waals surface area contributed by atoms with E-state index in [1.165, 1.54) is 55.8 Å². The monoisotopic (exact) mass is 802 g/mol. The van der Waals surface area contributed by atoms with E-state index in [2.05, 4.69) is 218 Å². The third kappa shape index (κ3) is 7.45. The molecule has 0 atom stereocenters. The van der Waals surface area contributed by atoms with Gasteiger partial charge in [-0.2, -0.15) is 0 Å². The summed E-state index contributed by atoms with van der Waals surface area (Å²) in [6, 6.07) is 48.6. The zero-order valence-electron chi connectivity index (χ0n) is 37.7. The van der Waals surface area contributed by atoms with Gasteiger partial charge in [-0.1, -0.05) is 117 Å². The molecule has 0 radical (unpaired) electrons. The van der Waals surface area contributed by atoms with E-state index in [1.807, 2.05) is 12.3 Å². The Balaban J connectivity index is 1.11. The van der Waals surface area contributed by atoms with Gasteiger partial charge >= 0.3 is 0 Å². The number of ether oxygens (including phenoxy) is 1. The lowest BCUT2D eigenvalue weighted by molar-refractivity contribution is 0.483. The van der Waals surface area contributed by atoms with E-state index in [0.29, 0.717) is 6.67 Å². The number of fused-ring (bicyclic) bond motifs is 4. The number of benzene rings is 6. The predicted molar refractivity (Wildman–Crippen MR) is 258 cm³/mol. The van der Waals surface area contributed by atoms with Crippen LogP contribution in [0.25, 0.3) is 38.8 Å². The van der Waals surface area contributed by atoms with E-state index < -0.39 is 0 Å². The molecule has 0 bridgehead atoms. The van der Waals surface area contributed by atoms with Crippen LogP contribution >= 0.6 is 0 Å². The van der Waals surface area contributed by atoms with Gasteiger partial charge in [-0.3, -0.25) is 4.57 Å². The van der Waals surface area contributed by atoms with Crippen LogP contribution in [-0.2, 0) is 16.2 Å². The highest BCUT2D eigenvalue weighted by molar-refractivity contribution is 6.10. The van der Waals surface area contributed by atoms with Gasteiger partial charge in [0, 0.05) is 40.5 Å². The largest absolute Gasteiger partial charge is 0.457 e. The Bertz CT molecular complexity index is 2950. The number of pyridine rings is 1. The lowest BCUT2D eigenvalue weighted by Crippen LogP contribution is -2.24. The first kappa shape index (κ1) is 40.1. The predicted octanol–water partition coefficient (Wildman–Crippen LogP) is 15.4. The van der Waals surface area contributed by atoms with Crippen molar-refractivity contribution in [1.82, 2.24) is 9.55 Å². The molecular weight excluding hydrogens is 745 g/mol. The van der Waals surface area contributed by atoms with E-state index >= 15 is 0 Å². The second kappa shape index (κ2) is 14.7. The SMILES string of the molecule is Cc1cc(C(C)(C)C)cc(C)c1-c1ccnc(-n2c3cc(Oc4cccc(N5CN(c6cccc(C(C)(C)C)c6)c6ccccc65)c4)ccc3c3ccc(C(C)(C)C)cc32)c1. The van der Waals surface area contributed by atoms with Crippen molar-refractivity contribution in [3.8, 4) is 28.4 Å². The molecule has 9 rings (SSSR count). The van der Waals surface area contributed by atoms with Gasteiger partial charge in [0.25, 0.3) is 0 Å². The van der Waals surface area contributed by atoms with Crippen LogP contribution in [0.5, 0.6) is 11.5 Å². The summed E-state index contributed by atoms with van der Waals surface area (Å²) in [5.74, 6) is 2.43. The van der Waals surface area contributed by atoms with Gasteiger partial charge in [0.1, 0.15) is 24.0 Å². The molecule has 0 N–H and O–H groups in total. The maximum atomic E-state index is 6.79. The molecule has 6 aromatic carbocycles. The van der Waals surface area contributed by atoms with Crippen LogP contribution in [0.4, 0.5) is 22.7 Å². The van der Waals surface area contributed by atoms with Crippen LogP contribution in [0.2, 0.25) is 0 Å². The molecule has 0 aliphatic carbocycles. The van der Waals surface area contributed by atoms with Crippen molar-refractivity contribution in [3.05, 3.63) is 167 Å². The van der Waals surface area contributed by atoms with Crippen molar-refractivity contribution >= 4 is 44.6 Å². The third-order valence-corrected chi connectivity index (χ3v) is 12.4. The molecule has 8 aromatic rings. The fourth-order valence-electron chi connectivity index (χ4n) is 8.97. The molecule has 5 heteroatoms. The number of nitrogens with zero attached hydrogens (tertiary/aromatic N) is 4. The van der Waals surface area contributed by atoms with Crippen molar-refractivity contribution < 1.29 is 4.74 Å². The van der Waals surface area contributed by atoms with E-state index in [4.69, 9.17) is 9.72 Å². The van der Waals surface area contributed by atoms with Crippen molar-refractivity contribution in [2.24, 2.45) is 0 Å². The quantitative estimate of drug-likeness (QED) is 0.168. The number of hydrogen-bond donors (Lipinski definition) is 0. The first-order chi connectivity index (χ1) is 28.9. The summed E-state index contributed by atoms with van der Waals surface area (Å²) < 4.78 is 9.12. The summed E-state index contributed by atoms with van der Waals surface area (Å²) in [6.45, 7) is 25.6. The molecule has 1 aliphatic heterocycles. The van der Waals surface area contributed by atoms with Gasteiger partial charge in [0.15, 0.2) is 0 Å². The average molecular weight is 803 g/mol. The van der Waals surface area contributed by atoms with E-state index in [9.17, 15) is 0 Å². The summed E-state index contributed by atoms with van der Waals surface area (Å²) in [4.78, 5) is 9.84. The van der Waals surface area contributed by atoms with Crippen molar-refractivity contribution in [2.45, 2.75) is 92.4 Å². The number of para-hydroxylation sites is 2. The number of rotatable bonds is 6. The minimum Gasteiger partial charge on any atom is -0.457 e. The van der Waals surface area contributed by atoms with Gasteiger partial charge in [0.2, 0.25) is 0 Å². The molecule has 2 aromatic heterocycles. The van der Waals surface area contributed by atoms with E-state index in [1.54, 1.807) is 0 Å². The Morgan fingerprint density at radius 2 is 1.05 bits per heavy atom. The molecule has 1 aliphatic rings. The maximum Gasteiger partial charge on any atom is 0.138 e. The minimum absolute atomic E-state index is 0.0174. The zero-order chi connectivity index (χ0) is 43.0. The van der Waals surface area contributed by atoms with Gasteiger partial charge < -0.3 is 14.5 Å². The molecule has 5 nitrogen and oxygen atoms in total. The fourth-order valence-corrected chi connectivity index (χ4v) is 8.97. The highest BCUT2D eigenvalue weighted by atomic mass is 16.5. The smallest absolute Gasteiger partial charge is 0.138 e. The van der Waals surface area contributed by atoms with Crippen molar-refractivity contribution in [2.75, 3.05) is 16.5 Å². The van der Waals surface area contributed by atoms with Crippen LogP contribution in [-0.4, -0.2) is 16.2 Å². The number of aryl methyl sites for hydroxylation is 2. The Morgan fingerprint density at radius 3 is 1.69 bits per heavy atom. The first-order valence-corrected chi connectivity index (χ1v) is 21.6. The summed E-state index contributed by atoms with van der Waals surface area (Å²) in [6.07, 6.45) is 1.96. The van der Waals surface area contributed by atoms with Crippen molar-refractivity contribution in [1.29, 1.82) is 0 Å². The van der Waals surface area contributed by atoms with Gasteiger partial charge in [-0.25, -0.2) is 4.98 Å². The molecule has 61 heavy (non-hydrogen) atoms. The molecule has 0 fully saturated rings. The number of anilines is 4. The number of aromatic nitrogens is 2. The average Bonchev–Trinajstić information content (AvgIpc) is 3.76. The topological polar surface area (TPSA) is 33.5 Å². The standard InChI is InChI=1S/C56H58N4O/c1-36-28-41(56(9,10)11)29-37(2)53(36)38-26-27-57-52(30-38)60-50-32-40(55(6,7)8)22-24-46(50)47-25-23-45(34-51(47)60)61-44-19-15-18-43(33-44)59-35-58(48-20-12-13-21-49(48)59)42-17-14-16-39(31-42)54(3,4)5/h12-34H,35H2,1-11H3. The van der Waals surface area contributed by atoms with Gasteiger partial charge in [-0.15, -0.1) is 0 Å². The number of hydrogen-bond acceptors (Lipinski definition) is 4. The summed E-state index contributed by atoms with van der Waals surface area (Å²) in [5.41, 5.74) is 15.9. The molecule has 0 spiro atoms. The zero-order valence-corrected chi connectivity index (χ0v) is 37.7. The highest BCUT2D eigenvalue weighted by Gasteiger charge is 2.29. The van der Waals surface area contributed by atoms with Gasteiger partial charge in [0.05, 0.1) is 22.4 Å². The fraction of sp³-hybridized carbons (Fsp3) is 0.268. The highest BCUT2D eigenvalue weighted by Crippen LogP contribution is 2.46. The second-order valence-corrected chi connectivity index (χ2v) is 20.0. The van der Waals surface area contributed by atoms with Crippen LogP contribution in [0.1, 0.15) is 90.1 Å². The summed E-state index contributed by atoms with van der Waals surface area (Å²) in [5, 5.41) is 2.35. The summed E-state index contributed by atoms with van der Waals surface area (Å²) in [7, 11) is 0. The third-order valence-electron chi connectivity index (χ3n) is 12.4. The molecular formula is C56H58N4O. The molecule has 0 amide bonds. The Kier molecular flexibility index (Phi) is 9.66. The Morgan fingerprint density at radius 1 is 0.492 bits per heavy atom. The normalized spacial score (nSPS) is 13.4. The first-order valence-electron chi connectivity index (χ1n) is 21.6. The Labute approximate surface area is 362 Å². The Hall–Kier alpha value is -6.33. The lowest BCUT2D eigenvalue weighted by atomic mass is 9.83. The van der Waals surface area contributed by atoms with Crippen LogP contribution in [0.3, 0.4) is 0 Å². The van der Waals surface area contributed by atoms with E-state index in [0.717, 1.165) is 45.0 Å². The molecule has 0 saturated carbocycles. The summed E-state index contributed by atoms with van der Waals surface area (Å²) >= 11 is 0. The van der Waals surface area contributed by atoms with E-state index in [-0.39, 0.29) is 16.2 Å². The molecule has 0 unspecified atom stereocenters. The van der Waals surface area contributed by atoms with Crippen molar-refractivity contribution in [3.63, 3.8) is 0 Å². The van der Waals surface area contributed by atoms with Crippen LogP contribution in [0.15, 0.2) is 140 Å².